The first-order valence-corrected chi connectivity index (χ1v) is 12.0. The first-order chi connectivity index (χ1) is 15.8. The molecule has 0 atom stereocenters. The molecule has 0 aliphatic carbocycles. The van der Waals surface area contributed by atoms with Crippen LogP contribution in [-0.4, -0.2) is 37.1 Å². The second kappa shape index (κ2) is 9.29. The molecule has 2 aromatic carbocycles. The van der Waals surface area contributed by atoms with Crippen LogP contribution in [0.4, 0.5) is 0 Å². The first-order valence-electron chi connectivity index (χ1n) is 10.6. The molecule has 8 nitrogen and oxygen atoms in total. The van der Waals surface area contributed by atoms with Gasteiger partial charge in [0.2, 0.25) is 16.8 Å². The highest BCUT2D eigenvalue weighted by molar-refractivity contribution is 7.89. The summed E-state index contributed by atoms with van der Waals surface area (Å²) in [6, 6.07) is 13.7. The van der Waals surface area contributed by atoms with Gasteiger partial charge < -0.3 is 19.2 Å². The van der Waals surface area contributed by atoms with E-state index in [-0.39, 0.29) is 31.4 Å². The zero-order chi connectivity index (χ0) is 23.6. The van der Waals surface area contributed by atoms with E-state index < -0.39 is 16.0 Å². The number of benzene rings is 2. The van der Waals surface area contributed by atoms with E-state index in [9.17, 15) is 13.2 Å². The number of hydrogen-bond acceptors (Lipinski definition) is 6. The number of hydrogen-bond donors (Lipinski definition) is 1. The summed E-state index contributed by atoms with van der Waals surface area (Å²) in [5.74, 6) is 0.787. The fraction of sp³-hybridized carbons (Fsp3) is 0.292. The van der Waals surface area contributed by atoms with Crippen molar-refractivity contribution >= 4 is 16.0 Å². The van der Waals surface area contributed by atoms with Crippen molar-refractivity contribution in [2.45, 2.75) is 38.8 Å². The van der Waals surface area contributed by atoms with Gasteiger partial charge in [-0.3, -0.25) is 0 Å². The van der Waals surface area contributed by atoms with Crippen molar-refractivity contribution < 1.29 is 27.4 Å². The Morgan fingerprint density at radius 1 is 1.06 bits per heavy atom. The lowest BCUT2D eigenvalue weighted by atomic mass is 10.1. The summed E-state index contributed by atoms with van der Waals surface area (Å²) in [4.78, 5) is 15.8. The SMILES string of the molecule is CCOC(=O)c1c(C)[nH]c(CN(Cc2ccc3c(c2)OCO3)S(=O)(=O)c2ccccc2)c1C. The number of aromatic nitrogens is 1. The predicted octanol–water partition coefficient (Wildman–Crippen LogP) is 3.93. The largest absolute Gasteiger partial charge is 0.462 e. The molecule has 9 heteroatoms. The van der Waals surface area contributed by atoms with Gasteiger partial charge in [-0.15, -0.1) is 0 Å². The smallest absolute Gasteiger partial charge is 0.340 e. The van der Waals surface area contributed by atoms with Gasteiger partial charge in [0.25, 0.3) is 0 Å². The van der Waals surface area contributed by atoms with E-state index in [0.29, 0.717) is 34.0 Å². The fourth-order valence-corrected chi connectivity index (χ4v) is 5.29. The molecule has 0 saturated carbocycles. The van der Waals surface area contributed by atoms with Crippen molar-refractivity contribution in [1.29, 1.82) is 0 Å². The van der Waals surface area contributed by atoms with E-state index in [1.807, 2.05) is 6.07 Å². The van der Waals surface area contributed by atoms with Crippen molar-refractivity contribution in [1.82, 2.24) is 9.29 Å². The van der Waals surface area contributed by atoms with Crippen molar-refractivity contribution in [3.8, 4) is 11.5 Å². The van der Waals surface area contributed by atoms with Crippen LogP contribution in [0.25, 0.3) is 0 Å². The number of nitrogens with zero attached hydrogens (tertiary/aromatic N) is 1. The second-order valence-corrected chi connectivity index (χ2v) is 9.66. The summed E-state index contributed by atoms with van der Waals surface area (Å²) in [5, 5.41) is 0. The maximum atomic E-state index is 13.6. The molecule has 0 radical (unpaired) electrons. The number of sulfonamides is 1. The third-order valence-electron chi connectivity index (χ3n) is 5.53. The molecule has 0 saturated heterocycles. The monoisotopic (exact) mass is 470 g/mol. The molecule has 1 N–H and O–H groups in total. The third kappa shape index (κ3) is 4.60. The Kier molecular flexibility index (Phi) is 6.44. The minimum atomic E-state index is -3.84. The molecule has 0 fully saturated rings. The van der Waals surface area contributed by atoms with Gasteiger partial charge in [0.15, 0.2) is 11.5 Å². The average Bonchev–Trinajstić information content (AvgIpc) is 3.37. The van der Waals surface area contributed by atoms with E-state index in [1.54, 1.807) is 63.2 Å². The Bertz CT molecular complexity index is 1270. The number of aromatic amines is 1. The number of esters is 1. The van der Waals surface area contributed by atoms with Gasteiger partial charge in [0.1, 0.15) is 0 Å². The molecule has 0 spiro atoms. The Morgan fingerprint density at radius 3 is 2.52 bits per heavy atom. The number of carbonyl (C=O) groups is 1. The quantitative estimate of drug-likeness (QED) is 0.501. The Balaban J connectivity index is 1.71. The standard InChI is InChI=1S/C24H26N2O6S/c1-4-30-24(27)23-16(2)20(25-17(23)3)14-26(33(28,29)19-8-6-5-7-9-19)13-18-10-11-21-22(12-18)32-15-31-21/h5-12,25H,4,13-15H2,1-3H3. The summed E-state index contributed by atoms with van der Waals surface area (Å²) >= 11 is 0. The highest BCUT2D eigenvalue weighted by Crippen LogP contribution is 2.34. The van der Waals surface area contributed by atoms with Gasteiger partial charge >= 0.3 is 5.97 Å². The van der Waals surface area contributed by atoms with Crippen LogP contribution in [-0.2, 0) is 27.8 Å². The summed E-state index contributed by atoms with van der Waals surface area (Å²) in [5.41, 5.74) is 3.14. The van der Waals surface area contributed by atoms with Gasteiger partial charge in [-0.25, -0.2) is 13.2 Å². The maximum Gasteiger partial charge on any atom is 0.340 e. The Hall–Kier alpha value is -3.30. The molecule has 0 amide bonds. The van der Waals surface area contributed by atoms with Crippen LogP contribution in [0.2, 0.25) is 0 Å². The van der Waals surface area contributed by atoms with Crippen LogP contribution < -0.4 is 9.47 Å². The summed E-state index contributed by atoms with van der Waals surface area (Å²) in [6.07, 6.45) is 0. The van der Waals surface area contributed by atoms with Crippen LogP contribution in [0.3, 0.4) is 0 Å². The normalized spacial score (nSPS) is 12.8. The van der Waals surface area contributed by atoms with E-state index in [4.69, 9.17) is 14.2 Å². The first kappa shape index (κ1) is 22.9. The van der Waals surface area contributed by atoms with Gasteiger partial charge in [-0.1, -0.05) is 24.3 Å². The van der Waals surface area contributed by atoms with Gasteiger partial charge in [-0.05, 0) is 56.2 Å². The van der Waals surface area contributed by atoms with E-state index in [0.717, 1.165) is 5.56 Å². The predicted molar refractivity (Wildman–Crippen MR) is 122 cm³/mol. The molecule has 3 aromatic rings. The van der Waals surface area contributed by atoms with Crippen LogP contribution in [0.5, 0.6) is 11.5 Å². The lowest BCUT2D eigenvalue weighted by molar-refractivity contribution is 0.0525. The van der Waals surface area contributed by atoms with Gasteiger partial charge in [0.05, 0.1) is 23.6 Å². The number of aryl methyl sites for hydroxylation is 1. The molecule has 1 aliphatic rings. The van der Waals surface area contributed by atoms with Gasteiger partial charge in [0, 0.05) is 17.9 Å². The molecule has 0 unspecified atom stereocenters. The number of fused-ring (bicyclic) bond motifs is 1. The topological polar surface area (TPSA) is 97.9 Å². The van der Waals surface area contributed by atoms with Crippen molar-refractivity contribution in [2.24, 2.45) is 0 Å². The molecule has 0 bridgehead atoms. The molecule has 33 heavy (non-hydrogen) atoms. The number of nitrogens with one attached hydrogen (secondary N) is 1. The molecule has 4 rings (SSSR count). The van der Waals surface area contributed by atoms with E-state index in [1.165, 1.54) is 4.31 Å². The highest BCUT2D eigenvalue weighted by Gasteiger charge is 2.28. The molecule has 2 heterocycles. The van der Waals surface area contributed by atoms with Gasteiger partial charge in [-0.2, -0.15) is 4.31 Å². The van der Waals surface area contributed by atoms with Crippen LogP contribution in [0, 0.1) is 13.8 Å². The van der Waals surface area contributed by atoms with Crippen molar-refractivity contribution in [3.05, 3.63) is 76.6 Å². The molecule has 1 aliphatic heterocycles. The van der Waals surface area contributed by atoms with E-state index >= 15 is 0 Å². The zero-order valence-corrected chi connectivity index (χ0v) is 19.6. The van der Waals surface area contributed by atoms with Crippen molar-refractivity contribution in [2.75, 3.05) is 13.4 Å². The minimum absolute atomic E-state index is 0.0533. The lowest BCUT2D eigenvalue weighted by Crippen LogP contribution is -2.30. The number of H-pyrrole nitrogens is 1. The summed E-state index contributed by atoms with van der Waals surface area (Å²) in [7, 11) is -3.84. The molecular weight excluding hydrogens is 444 g/mol. The molecule has 174 valence electrons. The number of rotatable bonds is 8. The zero-order valence-electron chi connectivity index (χ0n) is 18.8. The molecular formula is C24H26N2O6S. The third-order valence-corrected chi connectivity index (χ3v) is 7.34. The second-order valence-electron chi connectivity index (χ2n) is 7.72. The summed E-state index contributed by atoms with van der Waals surface area (Å²) in [6.45, 7) is 5.88. The fourth-order valence-electron chi connectivity index (χ4n) is 3.87. The Morgan fingerprint density at radius 2 is 1.79 bits per heavy atom. The van der Waals surface area contributed by atoms with Crippen LogP contribution >= 0.6 is 0 Å². The molecule has 1 aromatic heterocycles. The highest BCUT2D eigenvalue weighted by atomic mass is 32.2. The maximum absolute atomic E-state index is 13.6. The average molecular weight is 471 g/mol. The van der Waals surface area contributed by atoms with E-state index in [2.05, 4.69) is 4.98 Å². The minimum Gasteiger partial charge on any atom is -0.462 e. The number of ether oxygens (including phenoxy) is 3. The van der Waals surface area contributed by atoms with Crippen LogP contribution in [0.1, 0.15) is 39.8 Å². The van der Waals surface area contributed by atoms with Crippen LogP contribution in [0.15, 0.2) is 53.4 Å². The lowest BCUT2D eigenvalue weighted by Gasteiger charge is -2.22. The summed E-state index contributed by atoms with van der Waals surface area (Å²) < 4.78 is 44.5. The number of carbonyl (C=O) groups excluding carboxylic acids is 1. The van der Waals surface area contributed by atoms with Crippen molar-refractivity contribution in [3.63, 3.8) is 0 Å². The Labute approximate surface area is 193 Å².